The number of pyridine rings is 1. The summed E-state index contributed by atoms with van der Waals surface area (Å²) in [5, 5.41) is 15.3. The fraction of sp³-hybridized carbons (Fsp3) is 0.458. The van der Waals surface area contributed by atoms with Crippen LogP contribution in [0.15, 0.2) is 30.5 Å². The molecule has 1 amide bonds. The van der Waals surface area contributed by atoms with Crippen LogP contribution in [-0.4, -0.2) is 23.4 Å². The zero-order valence-electron chi connectivity index (χ0n) is 18.5. The van der Waals surface area contributed by atoms with E-state index in [0.717, 1.165) is 5.56 Å². The molecule has 1 fully saturated rings. The summed E-state index contributed by atoms with van der Waals surface area (Å²) in [5.74, 6) is -4.67. The molecule has 2 N–H and O–H groups in total. The second kappa shape index (κ2) is 8.26. The molecule has 7 heteroatoms. The van der Waals surface area contributed by atoms with Gasteiger partial charge in [-0.3, -0.25) is 9.78 Å². The van der Waals surface area contributed by atoms with Crippen LogP contribution in [0.4, 0.5) is 20.2 Å². The molecule has 1 aliphatic rings. The number of amides is 1. The van der Waals surface area contributed by atoms with Crippen molar-refractivity contribution >= 4 is 17.3 Å². The van der Waals surface area contributed by atoms with E-state index >= 15 is 0 Å². The van der Waals surface area contributed by atoms with Crippen LogP contribution in [0.25, 0.3) is 0 Å². The van der Waals surface area contributed by atoms with Gasteiger partial charge in [-0.15, -0.1) is 0 Å². The molecule has 1 heterocycles. The first-order chi connectivity index (χ1) is 14.6. The summed E-state index contributed by atoms with van der Waals surface area (Å²) >= 11 is 0. The summed E-state index contributed by atoms with van der Waals surface area (Å²) in [5.41, 5.74) is 2.18. The maximum absolute atomic E-state index is 14.7. The van der Waals surface area contributed by atoms with E-state index in [-0.39, 0.29) is 5.92 Å². The monoisotopic (exact) mass is 426 g/mol. The molecule has 31 heavy (non-hydrogen) atoms. The Morgan fingerprint density at radius 2 is 1.94 bits per heavy atom. The summed E-state index contributed by atoms with van der Waals surface area (Å²) in [4.78, 5) is 16.7. The third-order valence-electron chi connectivity index (χ3n) is 6.06. The number of hydrogen-bond donors (Lipinski definition) is 2. The normalized spacial score (nSPS) is 21.5. The summed E-state index contributed by atoms with van der Waals surface area (Å²) in [6.45, 7) is 9.29. The number of halogens is 2. The predicted octanol–water partition coefficient (Wildman–Crippen LogP) is 5.08. The smallest absolute Gasteiger partial charge is 0.270 e. The van der Waals surface area contributed by atoms with Crippen LogP contribution in [-0.2, 0) is 11.2 Å². The highest BCUT2D eigenvalue weighted by atomic mass is 19.3. The average molecular weight is 427 g/mol. The number of anilines is 2. The van der Waals surface area contributed by atoms with E-state index in [1.807, 2.05) is 20.8 Å². The fourth-order valence-electron chi connectivity index (χ4n) is 4.03. The van der Waals surface area contributed by atoms with Crippen molar-refractivity contribution in [2.45, 2.75) is 52.9 Å². The zero-order valence-corrected chi connectivity index (χ0v) is 18.5. The highest BCUT2D eigenvalue weighted by molar-refractivity contribution is 5.89. The topological polar surface area (TPSA) is 77.8 Å². The van der Waals surface area contributed by atoms with Gasteiger partial charge in [0.25, 0.3) is 5.92 Å². The number of nitriles is 1. The van der Waals surface area contributed by atoms with Crippen molar-refractivity contribution in [2.24, 2.45) is 11.3 Å². The van der Waals surface area contributed by atoms with Crippen molar-refractivity contribution in [2.75, 3.05) is 11.9 Å². The van der Waals surface area contributed by atoms with Crippen molar-refractivity contribution in [3.05, 3.63) is 52.8 Å². The molecule has 2 atom stereocenters. The minimum atomic E-state index is -3.10. The third-order valence-corrected chi connectivity index (χ3v) is 6.06. The number of nitrogens with one attached hydrogen (secondary N) is 2. The lowest BCUT2D eigenvalue weighted by Gasteiger charge is -2.14. The molecule has 2 aromatic rings. The summed E-state index contributed by atoms with van der Waals surface area (Å²) in [6, 6.07) is 8.87. The number of benzene rings is 1. The number of hydrogen-bond acceptors (Lipinski definition) is 4. The Morgan fingerprint density at radius 3 is 2.48 bits per heavy atom. The first-order valence-corrected chi connectivity index (χ1v) is 10.5. The van der Waals surface area contributed by atoms with Gasteiger partial charge in [0.15, 0.2) is 0 Å². The Bertz CT molecular complexity index is 1030. The molecule has 1 aromatic carbocycles. The van der Waals surface area contributed by atoms with Crippen molar-refractivity contribution < 1.29 is 13.6 Å². The molecule has 1 aromatic heterocycles. The lowest BCUT2D eigenvalue weighted by atomic mass is 9.99. The predicted molar refractivity (Wildman–Crippen MR) is 116 cm³/mol. The van der Waals surface area contributed by atoms with Gasteiger partial charge in [-0.2, -0.15) is 5.26 Å². The minimum absolute atomic E-state index is 0.189. The Morgan fingerprint density at radius 1 is 1.29 bits per heavy atom. The number of nitrogens with zero attached hydrogens (tertiary/aromatic N) is 2. The van der Waals surface area contributed by atoms with Gasteiger partial charge < -0.3 is 10.6 Å². The zero-order chi connectivity index (χ0) is 23.0. The molecule has 164 valence electrons. The number of rotatable bonds is 7. The van der Waals surface area contributed by atoms with Crippen LogP contribution >= 0.6 is 0 Å². The lowest BCUT2D eigenvalue weighted by Crippen LogP contribution is -2.36. The van der Waals surface area contributed by atoms with Crippen LogP contribution in [0.5, 0.6) is 0 Å². The first-order valence-electron chi connectivity index (χ1n) is 10.5. The van der Waals surface area contributed by atoms with Crippen molar-refractivity contribution in [3.8, 4) is 6.07 Å². The molecule has 5 nitrogen and oxygen atoms in total. The van der Waals surface area contributed by atoms with Gasteiger partial charge in [-0.25, -0.2) is 8.78 Å². The molecular formula is C24H28F2N4O. The summed E-state index contributed by atoms with van der Waals surface area (Å²) < 4.78 is 29.3. The molecule has 0 aliphatic heterocycles. The van der Waals surface area contributed by atoms with Crippen LogP contribution in [0.3, 0.4) is 0 Å². The molecule has 0 saturated heterocycles. The molecule has 3 rings (SSSR count). The Labute approximate surface area is 181 Å². The molecule has 0 spiro atoms. The second-order valence-electron chi connectivity index (χ2n) is 8.69. The second-order valence-corrected chi connectivity index (χ2v) is 8.69. The van der Waals surface area contributed by atoms with Gasteiger partial charge in [-0.1, -0.05) is 32.9 Å². The van der Waals surface area contributed by atoms with Gasteiger partial charge in [-0.05, 0) is 49.4 Å². The standard InChI is InChI=1S/C24H28F2N4O/c1-6-18-19(11-27)15(4)28-13-20(18)30-17-9-7-16(8-10-17)21-23(5,24(21,25)26)22(31)29-12-14(2)3/h7-10,13-14,21,30H,6,12H2,1-5H3,(H,29,31). The van der Waals surface area contributed by atoms with E-state index in [9.17, 15) is 18.8 Å². The van der Waals surface area contributed by atoms with Gasteiger partial charge in [0.05, 0.1) is 29.1 Å². The lowest BCUT2D eigenvalue weighted by molar-refractivity contribution is -0.129. The SMILES string of the molecule is CCc1c(Nc2ccc(C3C(F)(F)C3(C)C(=O)NCC(C)C)cc2)cnc(C)c1C#N. The van der Waals surface area contributed by atoms with Crippen LogP contribution in [0, 0.1) is 29.6 Å². The number of alkyl halides is 2. The maximum Gasteiger partial charge on any atom is 0.270 e. The fourth-order valence-corrected chi connectivity index (χ4v) is 4.03. The van der Waals surface area contributed by atoms with Crippen LogP contribution in [0.1, 0.15) is 56.0 Å². The molecule has 1 saturated carbocycles. The quantitative estimate of drug-likeness (QED) is 0.647. The first kappa shape index (κ1) is 22.7. The number of carbonyl (C=O) groups excluding carboxylic acids is 1. The Hall–Kier alpha value is -3.01. The number of carbonyl (C=O) groups is 1. The van der Waals surface area contributed by atoms with Crippen molar-refractivity contribution in [3.63, 3.8) is 0 Å². The van der Waals surface area contributed by atoms with Gasteiger partial charge >= 0.3 is 0 Å². The van der Waals surface area contributed by atoms with E-state index in [1.54, 1.807) is 37.4 Å². The largest absolute Gasteiger partial charge is 0.355 e. The minimum Gasteiger partial charge on any atom is -0.355 e. The summed E-state index contributed by atoms with van der Waals surface area (Å²) in [6.07, 6.45) is 2.33. The van der Waals surface area contributed by atoms with Gasteiger partial charge in [0.2, 0.25) is 5.91 Å². The molecular weight excluding hydrogens is 398 g/mol. The van der Waals surface area contributed by atoms with Gasteiger partial charge in [0.1, 0.15) is 11.5 Å². The highest BCUT2D eigenvalue weighted by Gasteiger charge is 2.82. The molecule has 2 unspecified atom stereocenters. The van der Waals surface area contributed by atoms with Gasteiger partial charge in [0, 0.05) is 12.2 Å². The van der Waals surface area contributed by atoms with Crippen LogP contribution < -0.4 is 10.6 Å². The van der Waals surface area contributed by atoms with E-state index in [0.29, 0.717) is 41.2 Å². The number of aromatic nitrogens is 1. The Balaban J connectivity index is 1.80. The van der Waals surface area contributed by atoms with E-state index in [4.69, 9.17) is 0 Å². The van der Waals surface area contributed by atoms with E-state index in [1.165, 1.54) is 6.92 Å². The average Bonchev–Trinajstić information content (AvgIpc) is 3.20. The van der Waals surface area contributed by atoms with Crippen molar-refractivity contribution in [1.29, 1.82) is 5.26 Å². The maximum atomic E-state index is 14.7. The summed E-state index contributed by atoms with van der Waals surface area (Å²) in [7, 11) is 0. The Kier molecular flexibility index (Phi) is 6.04. The third kappa shape index (κ3) is 3.87. The van der Waals surface area contributed by atoms with Crippen LogP contribution in [0.2, 0.25) is 0 Å². The van der Waals surface area contributed by atoms with Crippen molar-refractivity contribution in [1.82, 2.24) is 10.3 Å². The highest BCUT2D eigenvalue weighted by Crippen LogP contribution is 2.71. The molecule has 0 radical (unpaired) electrons. The molecule has 1 aliphatic carbocycles. The number of aryl methyl sites for hydroxylation is 1. The molecule has 0 bridgehead atoms. The van der Waals surface area contributed by atoms with E-state index in [2.05, 4.69) is 21.7 Å². The van der Waals surface area contributed by atoms with E-state index < -0.39 is 23.2 Å².